The Morgan fingerprint density at radius 2 is 2.35 bits per heavy atom. The first-order valence-corrected chi connectivity index (χ1v) is 6.33. The van der Waals surface area contributed by atoms with Gasteiger partial charge in [-0.2, -0.15) is 0 Å². The first kappa shape index (κ1) is 12.2. The second-order valence-electron chi connectivity index (χ2n) is 4.16. The van der Waals surface area contributed by atoms with Gasteiger partial charge in [-0.3, -0.25) is 9.59 Å². The minimum absolute atomic E-state index is 0.0844. The van der Waals surface area contributed by atoms with Crippen LogP contribution in [0.15, 0.2) is 5.38 Å². The van der Waals surface area contributed by atoms with Crippen LogP contribution in [0.1, 0.15) is 30.8 Å². The van der Waals surface area contributed by atoms with Crippen molar-refractivity contribution >= 4 is 28.2 Å². The smallest absolute Gasteiger partial charge is 0.231 e. The quantitative estimate of drug-likeness (QED) is 0.834. The number of ether oxygens (including phenoxy) is 1. The van der Waals surface area contributed by atoms with E-state index in [1.54, 1.807) is 5.38 Å². The molecular weight excluding hydrogens is 240 g/mol. The molecule has 2 heterocycles. The molecule has 2 rings (SSSR count). The zero-order valence-corrected chi connectivity index (χ0v) is 10.5. The average Bonchev–Trinajstić information content (AvgIpc) is 2.86. The Hall–Kier alpha value is -1.27. The van der Waals surface area contributed by atoms with Crippen molar-refractivity contribution in [3.8, 4) is 0 Å². The number of aromatic nitrogens is 1. The Balaban J connectivity index is 1.96. The molecule has 0 aliphatic carbocycles. The van der Waals surface area contributed by atoms with E-state index in [1.807, 2.05) is 6.92 Å². The van der Waals surface area contributed by atoms with E-state index in [0.29, 0.717) is 17.4 Å². The predicted molar refractivity (Wildman–Crippen MR) is 64.3 cm³/mol. The first-order chi connectivity index (χ1) is 8.06. The molecule has 1 N–H and O–H groups in total. The van der Waals surface area contributed by atoms with Gasteiger partial charge in [0.2, 0.25) is 5.91 Å². The lowest BCUT2D eigenvalue weighted by Crippen LogP contribution is -2.23. The number of carbonyl (C=O) groups is 2. The van der Waals surface area contributed by atoms with E-state index >= 15 is 0 Å². The van der Waals surface area contributed by atoms with E-state index in [1.165, 1.54) is 18.3 Å². The van der Waals surface area contributed by atoms with Gasteiger partial charge in [-0.25, -0.2) is 4.98 Å². The van der Waals surface area contributed by atoms with Gasteiger partial charge in [0.15, 0.2) is 10.9 Å². The molecule has 17 heavy (non-hydrogen) atoms. The highest BCUT2D eigenvalue weighted by Gasteiger charge is 2.28. The fourth-order valence-electron chi connectivity index (χ4n) is 1.70. The summed E-state index contributed by atoms with van der Waals surface area (Å²) >= 11 is 1.26. The summed E-state index contributed by atoms with van der Waals surface area (Å²) in [5, 5.41) is 4.83. The molecule has 0 radical (unpaired) electrons. The third-order valence-electron chi connectivity index (χ3n) is 2.66. The molecule has 1 saturated heterocycles. The van der Waals surface area contributed by atoms with Crippen molar-refractivity contribution in [1.29, 1.82) is 0 Å². The second kappa shape index (κ2) is 4.93. The zero-order valence-electron chi connectivity index (χ0n) is 9.73. The number of hydrogen-bond donors (Lipinski definition) is 1. The minimum Gasteiger partial charge on any atom is -0.378 e. The van der Waals surface area contributed by atoms with Crippen molar-refractivity contribution in [1.82, 2.24) is 4.98 Å². The summed E-state index contributed by atoms with van der Waals surface area (Å²) in [5.41, 5.74) is 0.390. The molecule has 1 aliphatic rings. The van der Waals surface area contributed by atoms with Crippen LogP contribution in [0.2, 0.25) is 0 Å². The van der Waals surface area contributed by atoms with E-state index in [2.05, 4.69) is 10.3 Å². The van der Waals surface area contributed by atoms with Crippen molar-refractivity contribution in [2.45, 2.75) is 26.4 Å². The number of rotatable bonds is 3. The Morgan fingerprint density at radius 1 is 1.59 bits per heavy atom. The van der Waals surface area contributed by atoms with Crippen LogP contribution in [0.3, 0.4) is 0 Å². The molecule has 0 bridgehead atoms. The van der Waals surface area contributed by atoms with Gasteiger partial charge >= 0.3 is 0 Å². The number of anilines is 1. The maximum Gasteiger partial charge on any atom is 0.231 e. The first-order valence-electron chi connectivity index (χ1n) is 5.45. The fraction of sp³-hybridized carbons (Fsp3) is 0.545. The number of ketones is 1. The largest absolute Gasteiger partial charge is 0.378 e. The van der Waals surface area contributed by atoms with Crippen LogP contribution < -0.4 is 5.32 Å². The molecule has 1 aromatic heterocycles. The maximum absolute atomic E-state index is 11.8. The molecule has 5 nitrogen and oxygen atoms in total. The van der Waals surface area contributed by atoms with E-state index in [-0.39, 0.29) is 23.7 Å². The number of amides is 1. The topological polar surface area (TPSA) is 68.3 Å². The summed E-state index contributed by atoms with van der Waals surface area (Å²) in [6.07, 6.45) is 0.867. The normalized spacial score (nSPS) is 23.6. The maximum atomic E-state index is 11.8. The molecule has 6 heteroatoms. The van der Waals surface area contributed by atoms with E-state index < -0.39 is 0 Å². The van der Waals surface area contributed by atoms with Crippen molar-refractivity contribution in [2.75, 3.05) is 11.9 Å². The summed E-state index contributed by atoms with van der Waals surface area (Å²) < 4.78 is 5.34. The van der Waals surface area contributed by atoms with Crippen LogP contribution in [0.25, 0.3) is 0 Å². The lowest BCUT2D eigenvalue weighted by atomic mass is 10.1. The van der Waals surface area contributed by atoms with Crippen LogP contribution in [0.5, 0.6) is 0 Å². The van der Waals surface area contributed by atoms with Gasteiger partial charge in [0, 0.05) is 12.3 Å². The highest BCUT2D eigenvalue weighted by molar-refractivity contribution is 7.14. The Labute approximate surface area is 103 Å². The molecule has 1 aromatic rings. The number of Topliss-reactive ketones (excluding diaryl/α,β-unsaturated/α-hetero) is 1. The highest BCUT2D eigenvalue weighted by Crippen LogP contribution is 2.22. The molecule has 0 aromatic carbocycles. The number of nitrogens with one attached hydrogen (secondary N) is 1. The van der Waals surface area contributed by atoms with E-state index in [4.69, 9.17) is 4.74 Å². The van der Waals surface area contributed by atoms with Crippen LogP contribution in [-0.4, -0.2) is 29.4 Å². The predicted octanol–water partition coefficient (Wildman–Crippen LogP) is 1.71. The van der Waals surface area contributed by atoms with E-state index in [0.717, 1.165) is 6.42 Å². The van der Waals surface area contributed by atoms with E-state index in [9.17, 15) is 9.59 Å². The molecular formula is C11H14N2O3S. The second-order valence-corrected chi connectivity index (χ2v) is 5.02. The van der Waals surface area contributed by atoms with Gasteiger partial charge < -0.3 is 10.1 Å². The monoisotopic (exact) mass is 254 g/mol. The summed E-state index contributed by atoms with van der Waals surface area (Å²) in [6, 6.07) is 0. The van der Waals surface area contributed by atoms with Crippen LogP contribution in [0, 0.1) is 5.92 Å². The lowest BCUT2D eigenvalue weighted by molar-refractivity contribution is -0.119. The standard InChI is InChI=1S/C11H14N2O3S/c1-6-3-8(4-16-6)10(15)13-11-12-9(5-17-11)7(2)14/h5-6,8H,3-4H2,1-2H3,(H,12,13,15). The van der Waals surface area contributed by atoms with Crippen molar-refractivity contribution < 1.29 is 14.3 Å². The molecule has 0 saturated carbocycles. The Kier molecular flexibility index (Phi) is 3.54. The van der Waals surface area contributed by atoms with Gasteiger partial charge in [-0.1, -0.05) is 0 Å². The molecule has 1 aliphatic heterocycles. The summed E-state index contributed by atoms with van der Waals surface area (Å²) in [5.74, 6) is -0.298. The number of hydrogen-bond acceptors (Lipinski definition) is 5. The lowest BCUT2D eigenvalue weighted by Gasteiger charge is -2.06. The van der Waals surface area contributed by atoms with Crippen molar-refractivity contribution in [3.63, 3.8) is 0 Å². The van der Waals surface area contributed by atoms with Crippen LogP contribution in [-0.2, 0) is 9.53 Å². The summed E-state index contributed by atoms with van der Waals surface area (Å²) in [6.45, 7) is 3.86. The van der Waals surface area contributed by atoms with Gasteiger partial charge in [-0.05, 0) is 13.3 Å². The van der Waals surface area contributed by atoms with Gasteiger partial charge in [0.05, 0.1) is 18.6 Å². The van der Waals surface area contributed by atoms with Crippen LogP contribution in [0.4, 0.5) is 5.13 Å². The molecule has 2 atom stereocenters. The zero-order chi connectivity index (χ0) is 12.4. The SMILES string of the molecule is CC(=O)c1csc(NC(=O)C2COC(C)C2)n1. The van der Waals surface area contributed by atoms with Crippen molar-refractivity contribution in [2.24, 2.45) is 5.92 Å². The van der Waals surface area contributed by atoms with Gasteiger partial charge in [0.25, 0.3) is 0 Å². The van der Waals surface area contributed by atoms with Crippen molar-refractivity contribution in [3.05, 3.63) is 11.1 Å². The van der Waals surface area contributed by atoms with Gasteiger partial charge in [0.1, 0.15) is 5.69 Å². The van der Waals surface area contributed by atoms with Crippen LogP contribution >= 0.6 is 11.3 Å². The summed E-state index contributed by atoms with van der Waals surface area (Å²) in [7, 11) is 0. The molecule has 0 spiro atoms. The number of carbonyl (C=O) groups excluding carboxylic acids is 2. The third kappa shape index (κ3) is 2.89. The number of nitrogens with zero attached hydrogens (tertiary/aromatic N) is 1. The molecule has 2 unspecified atom stereocenters. The highest BCUT2D eigenvalue weighted by atomic mass is 32.1. The third-order valence-corrected chi connectivity index (χ3v) is 3.42. The fourth-order valence-corrected chi connectivity index (χ4v) is 2.45. The summed E-state index contributed by atoms with van der Waals surface area (Å²) in [4.78, 5) is 26.9. The average molecular weight is 254 g/mol. The minimum atomic E-state index is -0.116. The molecule has 92 valence electrons. The molecule has 1 fully saturated rings. The van der Waals surface area contributed by atoms with Gasteiger partial charge in [-0.15, -0.1) is 11.3 Å². The molecule has 1 amide bonds. The Bertz CT molecular complexity index is 444. The number of thiazole rings is 1. The Morgan fingerprint density at radius 3 is 2.88 bits per heavy atom.